The van der Waals surface area contributed by atoms with Gasteiger partial charge in [-0.3, -0.25) is 9.89 Å². The van der Waals surface area contributed by atoms with E-state index >= 15 is 0 Å². The molecule has 0 aliphatic carbocycles. The first-order valence-electron chi connectivity index (χ1n) is 7.30. The number of nitrogens with zero attached hydrogens (tertiary/aromatic N) is 3. The molecule has 0 radical (unpaired) electrons. The maximum absolute atomic E-state index is 12.0. The molecular formula is C15H17N5O3. The van der Waals surface area contributed by atoms with Gasteiger partial charge in [-0.15, -0.1) is 0 Å². The maximum atomic E-state index is 12.0. The van der Waals surface area contributed by atoms with Crippen molar-refractivity contribution in [2.75, 3.05) is 12.4 Å². The third-order valence-electron chi connectivity index (χ3n) is 3.76. The molecule has 3 heterocycles. The Labute approximate surface area is 132 Å². The summed E-state index contributed by atoms with van der Waals surface area (Å²) in [5.74, 6) is 0.131. The van der Waals surface area contributed by atoms with E-state index in [-0.39, 0.29) is 29.9 Å². The van der Waals surface area contributed by atoms with Crippen molar-refractivity contribution in [3.63, 3.8) is 0 Å². The predicted octanol–water partition coefficient (Wildman–Crippen LogP) is 1.58. The third kappa shape index (κ3) is 2.67. The van der Waals surface area contributed by atoms with E-state index in [1.165, 1.54) is 7.11 Å². The van der Waals surface area contributed by atoms with Crippen LogP contribution >= 0.6 is 0 Å². The van der Waals surface area contributed by atoms with Gasteiger partial charge in [0.1, 0.15) is 11.5 Å². The van der Waals surface area contributed by atoms with Crippen molar-refractivity contribution >= 4 is 17.7 Å². The van der Waals surface area contributed by atoms with Gasteiger partial charge in [0, 0.05) is 30.0 Å². The Bertz CT molecular complexity index is 768. The maximum Gasteiger partial charge on any atom is 0.356 e. The van der Waals surface area contributed by atoms with Crippen LogP contribution in [-0.4, -0.2) is 39.2 Å². The molecule has 0 aromatic carbocycles. The largest absolute Gasteiger partial charge is 0.464 e. The number of ether oxygens (including phenoxy) is 1. The van der Waals surface area contributed by atoms with E-state index in [2.05, 4.69) is 25.5 Å². The molecule has 1 unspecified atom stereocenters. The molecule has 1 amide bonds. The number of esters is 1. The van der Waals surface area contributed by atoms with E-state index in [0.29, 0.717) is 22.9 Å². The van der Waals surface area contributed by atoms with Gasteiger partial charge in [-0.05, 0) is 6.07 Å². The lowest BCUT2D eigenvalue weighted by molar-refractivity contribution is -0.116. The molecule has 23 heavy (non-hydrogen) atoms. The highest BCUT2D eigenvalue weighted by molar-refractivity contribution is 5.98. The normalized spacial score (nSPS) is 16.9. The molecule has 8 nitrogen and oxygen atoms in total. The van der Waals surface area contributed by atoms with Crippen molar-refractivity contribution in [3.8, 4) is 0 Å². The lowest BCUT2D eigenvalue weighted by Gasteiger charge is -2.22. The Kier molecular flexibility index (Phi) is 3.81. The van der Waals surface area contributed by atoms with Crippen molar-refractivity contribution in [3.05, 3.63) is 35.0 Å². The summed E-state index contributed by atoms with van der Waals surface area (Å²) < 4.78 is 4.78. The Morgan fingerprint density at radius 2 is 2.22 bits per heavy atom. The summed E-state index contributed by atoms with van der Waals surface area (Å²) in [6, 6.07) is 1.76. The Morgan fingerprint density at radius 1 is 1.43 bits per heavy atom. The van der Waals surface area contributed by atoms with Gasteiger partial charge in [0.15, 0.2) is 5.82 Å². The molecule has 120 valence electrons. The van der Waals surface area contributed by atoms with Crippen LogP contribution in [0.25, 0.3) is 0 Å². The predicted molar refractivity (Wildman–Crippen MR) is 81.1 cm³/mol. The molecule has 3 rings (SSSR count). The second kappa shape index (κ2) is 5.79. The molecule has 0 saturated heterocycles. The quantitative estimate of drug-likeness (QED) is 0.832. The van der Waals surface area contributed by atoms with Crippen molar-refractivity contribution in [1.82, 2.24) is 20.2 Å². The Morgan fingerprint density at radius 3 is 2.91 bits per heavy atom. The van der Waals surface area contributed by atoms with Crippen LogP contribution < -0.4 is 5.32 Å². The van der Waals surface area contributed by atoms with Gasteiger partial charge in [-0.25, -0.2) is 14.8 Å². The molecule has 8 heteroatoms. The van der Waals surface area contributed by atoms with Gasteiger partial charge in [0.25, 0.3) is 0 Å². The summed E-state index contributed by atoms with van der Waals surface area (Å²) in [5.41, 5.74) is 1.52. The molecule has 0 fully saturated rings. The molecule has 2 aromatic heterocycles. The highest BCUT2D eigenvalue weighted by Gasteiger charge is 2.35. The van der Waals surface area contributed by atoms with Crippen LogP contribution in [-0.2, 0) is 9.53 Å². The first-order chi connectivity index (χ1) is 11.0. The van der Waals surface area contributed by atoms with Crippen LogP contribution in [0.4, 0.5) is 5.82 Å². The first kappa shape index (κ1) is 15.1. The summed E-state index contributed by atoms with van der Waals surface area (Å²) in [6.45, 7) is 3.99. The number of methoxy groups -OCH3 is 1. The minimum Gasteiger partial charge on any atom is -0.464 e. The van der Waals surface area contributed by atoms with Crippen LogP contribution in [0.5, 0.6) is 0 Å². The van der Waals surface area contributed by atoms with E-state index in [4.69, 9.17) is 4.74 Å². The summed E-state index contributed by atoms with van der Waals surface area (Å²) in [5, 5.41) is 9.31. The topological polar surface area (TPSA) is 110 Å². The molecule has 1 aliphatic rings. The number of aromatic amines is 1. The molecular weight excluding hydrogens is 298 g/mol. The number of hydrogen-bond acceptors (Lipinski definition) is 6. The van der Waals surface area contributed by atoms with Crippen molar-refractivity contribution in [2.45, 2.75) is 32.1 Å². The van der Waals surface area contributed by atoms with Gasteiger partial charge < -0.3 is 10.1 Å². The molecule has 1 atom stereocenters. The fourth-order valence-corrected chi connectivity index (χ4v) is 2.63. The number of aromatic nitrogens is 4. The summed E-state index contributed by atoms with van der Waals surface area (Å²) in [7, 11) is 1.30. The average Bonchev–Trinajstić information content (AvgIpc) is 2.97. The van der Waals surface area contributed by atoms with Gasteiger partial charge in [0.05, 0.1) is 12.8 Å². The molecule has 1 aliphatic heterocycles. The number of carbonyl (C=O) groups excluding carboxylic acids is 2. The zero-order valence-electron chi connectivity index (χ0n) is 13.1. The smallest absolute Gasteiger partial charge is 0.356 e. The lowest BCUT2D eigenvalue weighted by Crippen LogP contribution is -2.25. The number of amides is 1. The second-order valence-corrected chi connectivity index (χ2v) is 5.65. The zero-order valence-corrected chi connectivity index (χ0v) is 13.1. The number of H-pyrrole nitrogens is 1. The number of fused-ring (bicyclic) bond motifs is 1. The average molecular weight is 315 g/mol. The minimum absolute atomic E-state index is 0.163. The number of anilines is 1. The molecule has 2 N–H and O–H groups in total. The molecule has 0 spiro atoms. The monoisotopic (exact) mass is 315 g/mol. The fourth-order valence-electron chi connectivity index (χ4n) is 2.63. The number of hydrogen-bond donors (Lipinski definition) is 2. The van der Waals surface area contributed by atoms with Crippen LogP contribution in [0.3, 0.4) is 0 Å². The number of nitrogens with one attached hydrogen (secondary N) is 2. The molecule has 0 bridgehead atoms. The Balaban J connectivity index is 2.11. The van der Waals surface area contributed by atoms with E-state index in [1.807, 2.05) is 13.8 Å². The van der Waals surface area contributed by atoms with Crippen molar-refractivity contribution in [2.24, 2.45) is 0 Å². The fraction of sp³-hybridized carbons (Fsp3) is 0.400. The lowest BCUT2D eigenvalue weighted by atomic mass is 9.88. The summed E-state index contributed by atoms with van der Waals surface area (Å²) in [4.78, 5) is 32.7. The van der Waals surface area contributed by atoms with E-state index in [9.17, 15) is 9.59 Å². The molecule has 0 saturated carbocycles. The van der Waals surface area contributed by atoms with Crippen LogP contribution in [0, 0.1) is 0 Å². The van der Waals surface area contributed by atoms with Gasteiger partial charge >= 0.3 is 5.97 Å². The third-order valence-corrected chi connectivity index (χ3v) is 3.76. The van der Waals surface area contributed by atoms with Crippen molar-refractivity contribution < 1.29 is 14.3 Å². The van der Waals surface area contributed by atoms with Crippen LogP contribution in [0.15, 0.2) is 12.3 Å². The van der Waals surface area contributed by atoms with Gasteiger partial charge in [-0.2, -0.15) is 5.10 Å². The second-order valence-electron chi connectivity index (χ2n) is 5.65. The highest BCUT2D eigenvalue weighted by atomic mass is 16.5. The van der Waals surface area contributed by atoms with Gasteiger partial charge in [-0.1, -0.05) is 13.8 Å². The van der Waals surface area contributed by atoms with Crippen molar-refractivity contribution in [1.29, 1.82) is 0 Å². The Hall–Kier alpha value is -2.77. The minimum atomic E-state index is -0.530. The van der Waals surface area contributed by atoms with Crippen LogP contribution in [0.1, 0.15) is 59.7 Å². The highest BCUT2D eigenvalue weighted by Crippen LogP contribution is 2.37. The van der Waals surface area contributed by atoms with Gasteiger partial charge in [0.2, 0.25) is 5.91 Å². The van der Waals surface area contributed by atoms with Crippen LogP contribution in [0.2, 0.25) is 0 Å². The zero-order chi connectivity index (χ0) is 16.6. The number of carbonyl (C=O) groups is 2. The van der Waals surface area contributed by atoms with E-state index < -0.39 is 5.97 Å². The van der Waals surface area contributed by atoms with E-state index in [0.717, 1.165) is 0 Å². The first-order valence-corrected chi connectivity index (χ1v) is 7.30. The summed E-state index contributed by atoms with van der Waals surface area (Å²) >= 11 is 0. The van der Waals surface area contributed by atoms with E-state index in [1.54, 1.807) is 12.3 Å². The summed E-state index contributed by atoms with van der Waals surface area (Å²) in [6.07, 6.45) is 1.85. The molecule has 2 aromatic rings. The standard InChI is InChI=1S/C15H17N5O3/c1-7(2)13-16-5-4-9(17-13)8-6-10(21)18-14-11(8)12(19-20-14)15(22)23-3/h4-5,7-8H,6H2,1-3H3,(H2,18,19,20,21). The number of rotatable bonds is 3. The SMILES string of the molecule is COC(=O)c1[nH]nc2c1C(c1ccnc(C(C)C)n1)CC(=O)N2.